The fraction of sp³-hybridized carbons (Fsp3) is 0.333. The Morgan fingerprint density at radius 1 is 1.50 bits per heavy atom. The minimum atomic E-state index is -4.05. The van der Waals surface area contributed by atoms with E-state index in [0.717, 1.165) is 18.4 Å². The van der Waals surface area contributed by atoms with E-state index < -0.39 is 28.5 Å². The van der Waals surface area contributed by atoms with Crippen molar-refractivity contribution in [3.63, 3.8) is 0 Å². The standard InChI is InChI=1S/C9H11NO6S2/c1-5-4-17-7(9(12)13)8(5)18(14,15)10-3-6(11)16-2/h4,10H,3H2,1-2H3,(H,12,13). The molecule has 1 aromatic rings. The average Bonchev–Trinajstić information content (AvgIpc) is 2.69. The van der Waals surface area contributed by atoms with Crippen LogP contribution in [-0.2, 0) is 19.6 Å². The molecule has 0 aromatic carbocycles. The first-order valence-electron chi connectivity index (χ1n) is 4.67. The SMILES string of the molecule is COC(=O)CNS(=O)(=O)c1c(C)csc1C(=O)O. The number of nitrogens with one attached hydrogen (secondary N) is 1. The number of methoxy groups -OCH3 is 1. The number of ether oxygens (including phenoxy) is 1. The van der Waals surface area contributed by atoms with Crippen molar-refractivity contribution in [2.75, 3.05) is 13.7 Å². The summed E-state index contributed by atoms with van der Waals surface area (Å²) in [5, 5.41) is 10.3. The highest BCUT2D eigenvalue weighted by molar-refractivity contribution is 7.89. The number of aromatic carboxylic acids is 1. The van der Waals surface area contributed by atoms with Crippen LogP contribution in [-0.4, -0.2) is 39.1 Å². The van der Waals surface area contributed by atoms with Gasteiger partial charge in [0.15, 0.2) is 0 Å². The molecule has 0 radical (unpaired) electrons. The van der Waals surface area contributed by atoms with Gasteiger partial charge in [-0.25, -0.2) is 13.2 Å². The smallest absolute Gasteiger partial charge is 0.347 e. The molecule has 0 bridgehead atoms. The van der Waals surface area contributed by atoms with E-state index in [0.29, 0.717) is 5.56 Å². The van der Waals surface area contributed by atoms with Crippen molar-refractivity contribution in [1.82, 2.24) is 4.72 Å². The van der Waals surface area contributed by atoms with Crippen LogP contribution in [0.1, 0.15) is 15.2 Å². The molecule has 9 heteroatoms. The van der Waals surface area contributed by atoms with Crippen LogP contribution >= 0.6 is 11.3 Å². The van der Waals surface area contributed by atoms with E-state index in [1.807, 2.05) is 4.72 Å². The number of sulfonamides is 1. The molecule has 1 heterocycles. The molecule has 0 spiro atoms. The summed E-state index contributed by atoms with van der Waals surface area (Å²) in [5.41, 5.74) is 0.315. The van der Waals surface area contributed by atoms with Crippen molar-refractivity contribution >= 4 is 33.3 Å². The second-order valence-corrected chi connectivity index (χ2v) is 5.87. The first-order chi connectivity index (χ1) is 8.29. The number of thiophene rings is 1. The zero-order valence-corrected chi connectivity index (χ0v) is 11.2. The second kappa shape index (κ2) is 5.46. The number of carboxylic acids is 1. The number of esters is 1. The third kappa shape index (κ3) is 3.06. The molecule has 0 aliphatic rings. The minimum Gasteiger partial charge on any atom is -0.477 e. The molecule has 1 aromatic heterocycles. The third-order valence-electron chi connectivity index (χ3n) is 2.02. The molecule has 0 unspecified atom stereocenters. The largest absolute Gasteiger partial charge is 0.477 e. The quantitative estimate of drug-likeness (QED) is 0.751. The molecule has 0 aliphatic carbocycles. The fourth-order valence-corrected chi connectivity index (χ4v) is 3.81. The van der Waals surface area contributed by atoms with Crippen LogP contribution in [0, 0.1) is 6.92 Å². The summed E-state index contributed by atoms with van der Waals surface area (Å²) in [6, 6.07) is 0. The van der Waals surface area contributed by atoms with Gasteiger partial charge in [-0.2, -0.15) is 4.72 Å². The van der Waals surface area contributed by atoms with Gasteiger partial charge in [-0.05, 0) is 17.9 Å². The van der Waals surface area contributed by atoms with Gasteiger partial charge in [0.05, 0.1) is 7.11 Å². The first-order valence-corrected chi connectivity index (χ1v) is 7.03. The lowest BCUT2D eigenvalue weighted by molar-refractivity contribution is -0.139. The Morgan fingerprint density at radius 3 is 2.61 bits per heavy atom. The molecule has 1 rings (SSSR count). The highest BCUT2D eigenvalue weighted by Crippen LogP contribution is 2.26. The monoisotopic (exact) mass is 293 g/mol. The second-order valence-electron chi connectivity index (χ2n) is 3.28. The van der Waals surface area contributed by atoms with Gasteiger partial charge in [0, 0.05) is 0 Å². The Bertz CT molecular complexity index is 574. The summed E-state index contributed by atoms with van der Waals surface area (Å²) >= 11 is 0.816. The fourth-order valence-electron chi connectivity index (χ4n) is 1.21. The van der Waals surface area contributed by atoms with Crippen molar-refractivity contribution in [2.24, 2.45) is 0 Å². The number of hydrogen-bond acceptors (Lipinski definition) is 6. The summed E-state index contributed by atoms with van der Waals surface area (Å²) in [5.74, 6) is -2.09. The number of rotatable bonds is 5. The van der Waals surface area contributed by atoms with Gasteiger partial charge < -0.3 is 9.84 Å². The molecular weight excluding hydrogens is 282 g/mol. The van der Waals surface area contributed by atoms with Crippen LogP contribution in [0.2, 0.25) is 0 Å². The molecule has 2 N–H and O–H groups in total. The molecular formula is C9H11NO6S2. The Balaban J connectivity index is 3.09. The molecule has 0 saturated carbocycles. The number of aryl methyl sites for hydroxylation is 1. The van der Waals surface area contributed by atoms with E-state index >= 15 is 0 Å². The Hall–Kier alpha value is -1.45. The van der Waals surface area contributed by atoms with Crippen LogP contribution in [0.15, 0.2) is 10.3 Å². The van der Waals surface area contributed by atoms with Crippen molar-refractivity contribution in [3.8, 4) is 0 Å². The summed E-state index contributed by atoms with van der Waals surface area (Å²) in [6.45, 7) is 0.933. The third-order valence-corrected chi connectivity index (χ3v) is 4.82. The molecule has 0 fully saturated rings. The maximum absolute atomic E-state index is 11.9. The van der Waals surface area contributed by atoms with Crippen molar-refractivity contribution in [2.45, 2.75) is 11.8 Å². The molecule has 0 saturated heterocycles. The lowest BCUT2D eigenvalue weighted by Crippen LogP contribution is -2.31. The van der Waals surface area contributed by atoms with E-state index in [9.17, 15) is 18.0 Å². The maximum Gasteiger partial charge on any atom is 0.347 e. The Morgan fingerprint density at radius 2 is 2.11 bits per heavy atom. The highest BCUT2D eigenvalue weighted by Gasteiger charge is 2.27. The van der Waals surface area contributed by atoms with Crippen molar-refractivity contribution in [1.29, 1.82) is 0 Å². The van der Waals surface area contributed by atoms with Gasteiger partial charge in [-0.15, -0.1) is 11.3 Å². The van der Waals surface area contributed by atoms with Gasteiger partial charge in [-0.1, -0.05) is 0 Å². The van der Waals surface area contributed by atoms with E-state index in [4.69, 9.17) is 5.11 Å². The molecule has 100 valence electrons. The average molecular weight is 293 g/mol. The number of hydrogen-bond donors (Lipinski definition) is 2. The predicted molar refractivity (Wildman–Crippen MR) is 63.2 cm³/mol. The number of carboxylic acid groups (broad SMARTS) is 1. The van der Waals surface area contributed by atoms with E-state index in [-0.39, 0.29) is 9.77 Å². The van der Waals surface area contributed by atoms with Crippen LogP contribution in [0.3, 0.4) is 0 Å². The van der Waals surface area contributed by atoms with Gasteiger partial charge in [0.25, 0.3) is 0 Å². The van der Waals surface area contributed by atoms with E-state index in [1.54, 1.807) is 0 Å². The van der Waals surface area contributed by atoms with Gasteiger partial charge in [-0.3, -0.25) is 4.79 Å². The topological polar surface area (TPSA) is 110 Å². The summed E-state index contributed by atoms with van der Waals surface area (Å²) in [6.07, 6.45) is 0. The molecule has 18 heavy (non-hydrogen) atoms. The van der Waals surface area contributed by atoms with Gasteiger partial charge in [0.1, 0.15) is 16.3 Å². The minimum absolute atomic E-state index is 0.287. The van der Waals surface area contributed by atoms with E-state index in [1.165, 1.54) is 12.3 Å². The summed E-state index contributed by atoms with van der Waals surface area (Å²) in [7, 11) is -2.93. The highest BCUT2D eigenvalue weighted by atomic mass is 32.2. The first kappa shape index (κ1) is 14.6. The lowest BCUT2D eigenvalue weighted by atomic mass is 10.3. The Kier molecular flexibility index (Phi) is 4.43. The summed E-state index contributed by atoms with van der Waals surface area (Å²) < 4.78 is 30.0. The zero-order chi connectivity index (χ0) is 13.9. The Labute approximate surface area is 107 Å². The number of carbonyl (C=O) groups excluding carboxylic acids is 1. The normalized spacial score (nSPS) is 11.2. The van der Waals surface area contributed by atoms with Crippen LogP contribution in [0.25, 0.3) is 0 Å². The van der Waals surface area contributed by atoms with Crippen LogP contribution < -0.4 is 4.72 Å². The van der Waals surface area contributed by atoms with Gasteiger partial charge in [0.2, 0.25) is 10.0 Å². The van der Waals surface area contributed by atoms with Crippen LogP contribution in [0.5, 0.6) is 0 Å². The number of carbonyl (C=O) groups is 2. The molecule has 0 atom stereocenters. The van der Waals surface area contributed by atoms with Crippen molar-refractivity contribution in [3.05, 3.63) is 15.8 Å². The van der Waals surface area contributed by atoms with Gasteiger partial charge >= 0.3 is 11.9 Å². The molecule has 0 amide bonds. The maximum atomic E-state index is 11.9. The molecule has 7 nitrogen and oxygen atoms in total. The predicted octanol–water partition coefficient (Wildman–Crippen LogP) is 0.206. The van der Waals surface area contributed by atoms with Crippen molar-refractivity contribution < 1.29 is 27.9 Å². The zero-order valence-electron chi connectivity index (χ0n) is 9.59. The summed E-state index contributed by atoms with van der Waals surface area (Å²) in [4.78, 5) is 21.2. The van der Waals surface area contributed by atoms with E-state index in [2.05, 4.69) is 4.74 Å². The molecule has 0 aliphatic heterocycles. The lowest BCUT2D eigenvalue weighted by Gasteiger charge is -2.06. The van der Waals surface area contributed by atoms with Crippen LogP contribution in [0.4, 0.5) is 0 Å².